The highest BCUT2D eigenvalue weighted by Crippen LogP contribution is 2.22. The number of benzene rings is 1. The number of hydrogen-bond donors (Lipinski definition) is 0. The van der Waals surface area contributed by atoms with Gasteiger partial charge in [0.1, 0.15) is 0 Å². The van der Waals surface area contributed by atoms with E-state index in [1.807, 2.05) is 17.0 Å². The van der Waals surface area contributed by atoms with E-state index >= 15 is 0 Å². The predicted molar refractivity (Wildman–Crippen MR) is 89.1 cm³/mol. The normalized spacial score (nSPS) is 22.0. The predicted octanol–water partition coefficient (Wildman–Crippen LogP) is 3.24. The number of rotatable bonds is 3. The minimum atomic E-state index is -0.447. The van der Waals surface area contributed by atoms with Gasteiger partial charge in [-0.1, -0.05) is 0 Å². The van der Waals surface area contributed by atoms with Crippen LogP contribution in [0, 0.1) is 3.57 Å². The van der Waals surface area contributed by atoms with Gasteiger partial charge in [0.15, 0.2) is 6.61 Å². The Bertz CT molecular complexity index is 505. The van der Waals surface area contributed by atoms with Crippen LogP contribution >= 0.6 is 22.6 Å². The molecule has 5 heteroatoms. The van der Waals surface area contributed by atoms with Crippen LogP contribution in [0.15, 0.2) is 24.3 Å². The van der Waals surface area contributed by atoms with Gasteiger partial charge in [0.05, 0.1) is 5.56 Å². The molecule has 0 bridgehead atoms. The van der Waals surface area contributed by atoms with Crippen LogP contribution < -0.4 is 0 Å². The van der Waals surface area contributed by atoms with Crippen molar-refractivity contribution in [3.63, 3.8) is 0 Å². The number of nitrogens with zero attached hydrogens (tertiary/aromatic N) is 1. The fraction of sp³-hybridized carbons (Fsp3) is 0.500. The standard InChI is InChI=1S/C16H20INO3/c1-11-4-3-5-12(2)18(11)15(19)10-21-16(20)13-6-8-14(17)9-7-13/h6-9,11-12H,3-5,10H2,1-2H3/t11-,12-/m1/s1. The summed E-state index contributed by atoms with van der Waals surface area (Å²) in [5, 5.41) is 0. The summed E-state index contributed by atoms with van der Waals surface area (Å²) in [4.78, 5) is 26.0. The molecular formula is C16H20INO3. The second kappa shape index (κ2) is 7.24. The molecule has 0 spiro atoms. The van der Waals surface area contributed by atoms with Gasteiger partial charge in [-0.25, -0.2) is 4.79 Å². The Morgan fingerprint density at radius 3 is 2.33 bits per heavy atom. The highest BCUT2D eigenvalue weighted by molar-refractivity contribution is 14.1. The zero-order valence-corrected chi connectivity index (χ0v) is 14.5. The van der Waals surface area contributed by atoms with Crippen molar-refractivity contribution in [2.24, 2.45) is 0 Å². The van der Waals surface area contributed by atoms with Crippen LogP contribution in [0.5, 0.6) is 0 Å². The molecule has 0 unspecified atom stereocenters. The van der Waals surface area contributed by atoms with Gasteiger partial charge < -0.3 is 9.64 Å². The van der Waals surface area contributed by atoms with E-state index in [9.17, 15) is 9.59 Å². The lowest BCUT2D eigenvalue weighted by Crippen LogP contribution is -2.49. The molecule has 1 aliphatic rings. The van der Waals surface area contributed by atoms with Crippen LogP contribution in [0.25, 0.3) is 0 Å². The zero-order chi connectivity index (χ0) is 15.4. The Kier molecular flexibility index (Phi) is 5.61. The minimum Gasteiger partial charge on any atom is -0.452 e. The van der Waals surface area contributed by atoms with E-state index in [-0.39, 0.29) is 24.6 Å². The smallest absolute Gasteiger partial charge is 0.338 e. The third-order valence-electron chi connectivity index (χ3n) is 3.89. The molecule has 1 amide bonds. The first kappa shape index (κ1) is 16.3. The molecule has 1 fully saturated rings. The molecule has 0 radical (unpaired) electrons. The topological polar surface area (TPSA) is 46.6 Å². The van der Waals surface area contributed by atoms with Crippen LogP contribution in [-0.4, -0.2) is 35.5 Å². The Morgan fingerprint density at radius 1 is 1.19 bits per heavy atom. The monoisotopic (exact) mass is 401 g/mol. The van der Waals surface area contributed by atoms with E-state index in [1.54, 1.807) is 12.1 Å². The van der Waals surface area contributed by atoms with Gasteiger partial charge in [0.25, 0.3) is 5.91 Å². The summed E-state index contributed by atoms with van der Waals surface area (Å²) in [6, 6.07) is 7.54. The summed E-state index contributed by atoms with van der Waals surface area (Å²) in [6.07, 6.45) is 3.18. The Balaban J connectivity index is 1.91. The molecule has 4 nitrogen and oxygen atoms in total. The summed E-state index contributed by atoms with van der Waals surface area (Å²) in [7, 11) is 0. The van der Waals surface area contributed by atoms with E-state index in [1.165, 1.54) is 0 Å². The molecule has 1 heterocycles. The van der Waals surface area contributed by atoms with E-state index < -0.39 is 5.97 Å². The summed E-state index contributed by atoms with van der Waals surface area (Å²) in [5.41, 5.74) is 0.475. The Hall–Kier alpha value is -1.11. The molecule has 0 aromatic heterocycles. The molecule has 0 aliphatic carbocycles. The van der Waals surface area contributed by atoms with Crippen molar-refractivity contribution in [1.29, 1.82) is 0 Å². The van der Waals surface area contributed by atoms with E-state index in [0.29, 0.717) is 5.56 Å². The van der Waals surface area contributed by atoms with Crippen molar-refractivity contribution in [2.45, 2.75) is 45.2 Å². The molecule has 1 saturated heterocycles. The van der Waals surface area contributed by atoms with Gasteiger partial charge in [0.2, 0.25) is 0 Å². The number of likely N-dealkylation sites (tertiary alicyclic amines) is 1. The molecular weight excluding hydrogens is 381 g/mol. The third kappa shape index (κ3) is 4.18. The SMILES string of the molecule is C[C@@H]1CCC[C@@H](C)N1C(=O)COC(=O)c1ccc(I)cc1. The number of halogens is 1. The van der Waals surface area contributed by atoms with Crippen LogP contribution in [0.3, 0.4) is 0 Å². The molecule has 0 saturated carbocycles. The highest BCUT2D eigenvalue weighted by atomic mass is 127. The number of amides is 1. The highest BCUT2D eigenvalue weighted by Gasteiger charge is 2.29. The lowest BCUT2D eigenvalue weighted by atomic mass is 9.97. The van der Waals surface area contributed by atoms with Crippen molar-refractivity contribution in [2.75, 3.05) is 6.61 Å². The number of ether oxygens (including phenoxy) is 1. The summed E-state index contributed by atoms with van der Waals surface area (Å²) in [6.45, 7) is 3.92. The maximum atomic E-state index is 12.3. The molecule has 2 rings (SSSR count). The Morgan fingerprint density at radius 2 is 1.76 bits per heavy atom. The van der Waals surface area contributed by atoms with Crippen LogP contribution in [0.4, 0.5) is 0 Å². The first-order chi connectivity index (χ1) is 9.99. The van der Waals surface area contributed by atoms with Crippen LogP contribution in [0.1, 0.15) is 43.5 Å². The number of esters is 1. The van der Waals surface area contributed by atoms with Gasteiger partial charge in [0, 0.05) is 15.7 Å². The summed E-state index contributed by atoms with van der Waals surface area (Å²) >= 11 is 2.17. The molecule has 1 aliphatic heterocycles. The van der Waals surface area contributed by atoms with E-state index in [2.05, 4.69) is 36.4 Å². The van der Waals surface area contributed by atoms with Gasteiger partial charge in [-0.3, -0.25) is 4.79 Å². The maximum absolute atomic E-state index is 12.3. The number of hydrogen-bond acceptors (Lipinski definition) is 3. The van der Waals surface area contributed by atoms with Gasteiger partial charge >= 0.3 is 5.97 Å². The first-order valence-electron chi connectivity index (χ1n) is 7.23. The average Bonchev–Trinajstić information content (AvgIpc) is 2.45. The lowest BCUT2D eigenvalue weighted by Gasteiger charge is -2.38. The van der Waals surface area contributed by atoms with Crippen molar-refractivity contribution in [3.05, 3.63) is 33.4 Å². The van der Waals surface area contributed by atoms with Gasteiger partial charge in [-0.05, 0) is 80.0 Å². The average molecular weight is 401 g/mol. The molecule has 114 valence electrons. The summed E-state index contributed by atoms with van der Waals surface area (Å²) < 4.78 is 6.20. The van der Waals surface area contributed by atoms with Crippen molar-refractivity contribution in [1.82, 2.24) is 4.90 Å². The van der Waals surface area contributed by atoms with E-state index in [4.69, 9.17) is 4.74 Å². The van der Waals surface area contributed by atoms with Crippen molar-refractivity contribution in [3.8, 4) is 0 Å². The third-order valence-corrected chi connectivity index (χ3v) is 4.61. The number of carbonyl (C=O) groups excluding carboxylic acids is 2. The van der Waals surface area contributed by atoms with Crippen molar-refractivity contribution >= 4 is 34.5 Å². The first-order valence-corrected chi connectivity index (χ1v) is 8.30. The van der Waals surface area contributed by atoms with E-state index in [0.717, 1.165) is 22.8 Å². The molecule has 1 aromatic rings. The fourth-order valence-corrected chi connectivity index (χ4v) is 3.14. The maximum Gasteiger partial charge on any atom is 0.338 e. The zero-order valence-electron chi connectivity index (χ0n) is 12.3. The molecule has 1 aromatic carbocycles. The molecule has 2 atom stereocenters. The number of carbonyl (C=O) groups is 2. The minimum absolute atomic E-state index is 0.103. The fourth-order valence-electron chi connectivity index (χ4n) is 2.78. The quantitative estimate of drug-likeness (QED) is 0.577. The largest absolute Gasteiger partial charge is 0.452 e. The van der Waals surface area contributed by atoms with Crippen LogP contribution in [-0.2, 0) is 9.53 Å². The summed E-state index contributed by atoms with van der Waals surface area (Å²) in [5.74, 6) is -0.550. The number of piperidine rings is 1. The lowest BCUT2D eigenvalue weighted by molar-refractivity contribution is -0.140. The molecule has 0 N–H and O–H groups in total. The van der Waals surface area contributed by atoms with Gasteiger partial charge in [-0.2, -0.15) is 0 Å². The van der Waals surface area contributed by atoms with Gasteiger partial charge in [-0.15, -0.1) is 0 Å². The second-order valence-corrected chi connectivity index (χ2v) is 6.76. The van der Waals surface area contributed by atoms with Crippen LogP contribution in [0.2, 0.25) is 0 Å². The molecule has 21 heavy (non-hydrogen) atoms. The Labute approximate surface area is 139 Å². The second-order valence-electron chi connectivity index (χ2n) is 5.51. The van der Waals surface area contributed by atoms with Crippen molar-refractivity contribution < 1.29 is 14.3 Å².